The highest BCUT2D eigenvalue weighted by molar-refractivity contribution is 7.98. The first-order valence-electron chi connectivity index (χ1n) is 11.6. The summed E-state index contributed by atoms with van der Waals surface area (Å²) < 4.78 is 7.67. The van der Waals surface area contributed by atoms with Gasteiger partial charge in [-0.05, 0) is 42.5 Å². The van der Waals surface area contributed by atoms with Crippen LogP contribution in [0.15, 0.2) is 105 Å². The Bertz CT molecular complexity index is 1600. The fourth-order valence-corrected chi connectivity index (χ4v) is 5.65. The average molecular weight is 513 g/mol. The van der Waals surface area contributed by atoms with Crippen molar-refractivity contribution < 1.29 is 9.53 Å². The van der Waals surface area contributed by atoms with Gasteiger partial charge in [-0.25, -0.2) is 9.79 Å². The molecule has 0 N–H and O–H groups in total. The maximum absolute atomic E-state index is 13.8. The zero-order valence-electron chi connectivity index (χ0n) is 19.9. The van der Waals surface area contributed by atoms with Gasteiger partial charge in [0.25, 0.3) is 5.56 Å². The lowest BCUT2D eigenvalue weighted by Gasteiger charge is -2.25. The molecule has 1 aliphatic rings. The second-order valence-corrected chi connectivity index (χ2v) is 10.0. The van der Waals surface area contributed by atoms with Gasteiger partial charge in [-0.15, -0.1) is 11.8 Å². The molecule has 0 saturated carbocycles. The van der Waals surface area contributed by atoms with Crippen LogP contribution in [0.4, 0.5) is 0 Å². The van der Waals surface area contributed by atoms with Gasteiger partial charge in [0.15, 0.2) is 4.80 Å². The van der Waals surface area contributed by atoms with E-state index in [9.17, 15) is 9.59 Å². The van der Waals surface area contributed by atoms with Crippen LogP contribution in [0.3, 0.4) is 0 Å². The Hall–Kier alpha value is -3.68. The minimum absolute atomic E-state index is 0.185. The van der Waals surface area contributed by atoms with Crippen molar-refractivity contribution in [2.24, 2.45) is 4.99 Å². The molecule has 2 heterocycles. The zero-order chi connectivity index (χ0) is 25.1. The van der Waals surface area contributed by atoms with Crippen LogP contribution in [0.25, 0.3) is 11.8 Å². The summed E-state index contributed by atoms with van der Waals surface area (Å²) in [4.78, 5) is 33.7. The largest absolute Gasteiger partial charge is 0.463 e. The van der Waals surface area contributed by atoms with Gasteiger partial charge in [-0.1, -0.05) is 84.1 Å². The van der Waals surface area contributed by atoms with Crippen molar-refractivity contribution in [2.45, 2.75) is 17.9 Å². The molecule has 0 spiro atoms. The molecule has 0 amide bonds. The fraction of sp³-hybridized carbons (Fsp3) is 0.138. The summed E-state index contributed by atoms with van der Waals surface area (Å²) >= 11 is 3.00. The molecule has 1 unspecified atom stereocenters. The molecule has 4 aromatic rings. The van der Waals surface area contributed by atoms with Gasteiger partial charge in [-0.2, -0.15) is 0 Å². The van der Waals surface area contributed by atoms with Crippen molar-refractivity contribution in [3.8, 4) is 0 Å². The van der Waals surface area contributed by atoms with Crippen molar-refractivity contribution in [1.82, 2.24) is 4.57 Å². The fourth-order valence-electron chi connectivity index (χ4n) is 4.24. The van der Waals surface area contributed by atoms with Crippen molar-refractivity contribution in [3.63, 3.8) is 0 Å². The Balaban J connectivity index is 1.79. The highest BCUT2D eigenvalue weighted by atomic mass is 32.2. The number of aromatic nitrogens is 1. The van der Waals surface area contributed by atoms with Crippen LogP contribution in [-0.2, 0) is 9.53 Å². The predicted octanol–water partition coefficient (Wildman–Crippen LogP) is 4.66. The smallest absolute Gasteiger partial charge is 0.338 e. The molecule has 0 fully saturated rings. The Morgan fingerprint density at radius 2 is 1.69 bits per heavy atom. The molecule has 7 heteroatoms. The van der Waals surface area contributed by atoms with Crippen LogP contribution in [0.1, 0.15) is 29.7 Å². The quantitative estimate of drug-likeness (QED) is 0.279. The summed E-state index contributed by atoms with van der Waals surface area (Å²) in [5.74, 6) is -0.476. The lowest BCUT2D eigenvalue weighted by Crippen LogP contribution is -2.39. The number of thiazole rings is 1. The summed E-state index contributed by atoms with van der Waals surface area (Å²) in [6.07, 6.45) is 3.91. The number of nitrogens with zero attached hydrogens (tertiary/aromatic N) is 2. The van der Waals surface area contributed by atoms with Gasteiger partial charge in [0.1, 0.15) is 0 Å². The molecule has 180 valence electrons. The molecule has 5 nitrogen and oxygen atoms in total. The summed E-state index contributed by atoms with van der Waals surface area (Å²) in [7, 11) is 0. The molecule has 0 aliphatic carbocycles. The SMILES string of the molecule is CCOC(=O)C1=C(c2ccccc2)N=c2s/c(=C\c3ccc(SC)cc3)c(=O)n2C1c1ccccc1. The van der Waals surface area contributed by atoms with Crippen LogP contribution >= 0.6 is 23.1 Å². The van der Waals surface area contributed by atoms with Gasteiger partial charge in [0.05, 0.1) is 28.5 Å². The summed E-state index contributed by atoms with van der Waals surface area (Å²) in [6.45, 7) is 2.00. The van der Waals surface area contributed by atoms with Crippen LogP contribution in [0.2, 0.25) is 0 Å². The zero-order valence-corrected chi connectivity index (χ0v) is 21.5. The van der Waals surface area contributed by atoms with Gasteiger partial charge in [-0.3, -0.25) is 9.36 Å². The molecule has 1 aliphatic heterocycles. The Labute approximate surface area is 217 Å². The third-order valence-corrected chi connectivity index (χ3v) is 7.63. The van der Waals surface area contributed by atoms with Crippen molar-refractivity contribution in [1.29, 1.82) is 0 Å². The van der Waals surface area contributed by atoms with Gasteiger partial charge in [0.2, 0.25) is 0 Å². The van der Waals surface area contributed by atoms with E-state index in [4.69, 9.17) is 9.73 Å². The lowest BCUT2D eigenvalue weighted by atomic mass is 9.93. The molecule has 5 rings (SSSR count). The van der Waals surface area contributed by atoms with E-state index in [0.717, 1.165) is 21.6 Å². The first-order chi connectivity index (χ1) is 17.6. The van der Waals surface area contributed by atoms with Crippen LogP contribution in [-0.4, -0.2) is 23.4 Å². The number of carbonyl (C=O) groups is 1. The summed E-state index contributed by atoms with van der Waals surface area (Å²) in [5, 5.41) is 0. The van der Waals surface area contributed by atoms with Crippen LogP contribution < -0.4 is 14.9 Å². The van der Waals surface area contributed by atoms with Crippen molar-refractivity contribution in [2.75, 3.05) is 12.9 Å². The van der Waals surface area contributed by atoms with Gasteiger partial charge < -0.3 is 4.74 Å². The normalized spacial score (nSPS) is 15.4. The van der Waals surface area contributed by atoms with E-state index in [1.54, 1.807) is 23.3 Å². The lowest BCUT2D eigenvalue weighted by molar-refractivity contribution is -0.138. The number of ether oxygens (including phenoxy) is 1. The number of thioether (sulfide) groups is 1. The van der Waals surface area contributed by atoms with E-state index in [-0.39, 0.29) is 12.2 Å². The molecule has 1 atom stereocenters. The maximum Gasteiger partial charge on any atom is 0.338 e. The number of rotatable bonds is 6. The Morgan fingerprint density at radius 3 is 2.33 bits per heavy atom. The molecular weight excluding hydrogens is 488 g/mol. The van der Waals surface area contributed by atoms with E-state index in [1.807, 2.05) is 97.3 Å². The number of carbonyl (C=O) groups excluding carboxylic acids is 1. The monoisotopic (exact) mass is 512 g/mol. The summed E-state index contributed by atoms with van der Waals surface area (Å²) in [6, 6.07) is 26.6. The number of benzene rings is 3. The maximum atomic E-state index is 13.8. The molecule has 0 bridgehead atoms. The second kappa shape index (κ2) is 10.5. The Kier molecular flexibility index (Phi) is 7.02. The number of hydrogen-bond acceptors (Lipinski definition) is 6. The van der Waals surface area contributed by atoms with Gasteiger partial charge in [0, 0.05) is 10.5 Å². The highest BCUT2D eigenvalue weighted by Gasteiger charge is 2.35. The van der Waals surface area contributed by atoms with Crippen LogP contribution in [0, 0.1) is 0 Å². The minimum atomic E-state index is -0.655. The predicted molar refractivity (Wildman–Crippen MR) is 146 cm³/mol. The summed E-state index contributed by atoms with van der Waals surface area (Å²) in [5.41, 5.74) is 3.25. The molecule has 0 radical (unpaired) electrons. The molecule has 0 saturated heterocycles. The first kappa shape index (κ1) is 24.0. The number of esters is 1. The van der Waals surface area contributed by atoms with E-state index in [2.05, 4.69) is 0 Å². The van der Waals surface area contributed by atoms with E-state index in [0.29, 0.717) is 20.6 Å². The average Bonchev–Trinajstić information content (AvgIpc) is 3.23. The standard InChI is InChI=1S/C29H24N2O3S2/c1-3-34-28(33)24-25(20-10-6-4-7-11-20)30-29-31(26(24)21-12-8-5-9-13-21)27(32)23(36-29)18-19-14-16-22(35-2)17-15-19/h4-18,26H,3H2,1-2H3/b23-18-. The number of fused-ring (bicyclic) bond motifs is 1. The molecule has 36 heavy (non-hydrogen) atoms. The van der Waals surface area contributed by atoms with E-state index in [1.165, 1.54) is 11.3 Å². The Morgan fingerprint density at radius 1 is 1.03 bits per heavy atom. The molecular formula is C29H24N2O3S2. The topological polar surface area (TPSA) is 60.7 Å². The third kappa shape index (κ3) is 4.59. The van der Waals surface area contributed by atoms with Crippen molar-refractivity contribution in [3.05, 3.63) is 127 Å². The van der Waals surface area contributed by atoms with E-state index < -0.39 is 12.0 Å². The highest BCUT2D eigenvalue weighted by Crippen LogP contribution is 2.35. The third-order valence-electron chi connectivity index (χ3n) is 5.90. The first-order valence-corrected chi connectivity index (χ1v) is 13.6. The number of hydrogen-bond donors (Lipinski definition) is 0. The van der Waals surface area contributed by atoms with Gasteiger partial charge >= 0.3 is 5.97 Å². The molecule has 1 aromatic heterocycles. The second-order valence-electron chi connectivity index (χ2n) is 8.12. The molecule has 3 aromatic carbocycles. The van der Waals surface area contributed by atoms with Crippen LogP contribution in [0.5, 0.6) is 0 Å². The van der Waals surface area contributed by atoms with Crippen molar-refractivity contribution >= 4 is 40.8 Å². The van der Waals surface area contributed by atoms with E-state index >= 15 is 0 Å². The minimum Gasteiger partial charge on any atom is -0.463 e.